The van der Waals surface area contributed by atoms with E-state index in [4.69, 9.17) is 0 Å². The number of hydrogen-bond donors (Lipinski definition) is 0. The lowest BCUT2D eigenvalue weighted by Crippen LogP contribution is -2.16. The van der Waals surface area contributed by atoms with Gasteiger partial charge in [0.2, 0.25) is 0 Å². The van der Waals surface area contributed by atoms with Gasteiger partial charge in [-0.15, -0.1) is 22.7 Å². The number of aryl methyl sites for hydroxylation is 4. The maximum atomic E-state index is 2.59. The second-order valence-electron chi connectivity index (χ2n) is 18.8. The van der Waals surface area contributed by atoms with Crippen molar-refractivity contribution in [2.24, 2.45) is 0 Å². The molecule has 12 rings (SSSR count). The molecule has 10 aromatic carbocycles. The van der Waals surface area contributed by atoms with Crippen LogP contribution < -0.4 is 9.80 Å². The van der Waals surface area contributed by atoms with E-state index in [0.29, 0.717) is 0 Å². The highest BCUT2D eigenvalue weighted by Gasteiger charge is 2.29. The third-order valence-corrected chi connectivity index (χ3v) is 15.9. The van der Waals surface area contributed by atoms with Gasteiger partial charge < -0.3 is 9.80 Å². The van der Waals surface area contributed by atoms with Gasteiger partial charge in [-0.1, -0.05) is 153 Å². The number of anilines is 6. The van der Waals surface area contributed by atoms with Crippen LogP contribution in [0.15, 0.2) is 164 Å². The van der Waals surface area contributed by atoms with Crippen LogP contribution in [0, 0.1) is 27.7 Å². The maximum Gasteiger partial charge on any atom is 0.0640 e. The minimum Gasteiger partial charge on any atom is -0.308 e. The summed E-state index contributed by atoms with van der Waals surface area (Å²) in [5, 5.41) is 12.8. The largest absolute Gasteiger partial charge is 0.308 e. The molecule has 0 aliphatic carbocycles. The summed E-state index contributed by atoms with van der Waals surface area (Å²) >= 11 is 3.79. The summed E-state index contributed by atoms with van der Waals surface area (Å²) in [5.74, 6) is 0. The topological polar surface area (TPSA) is 6.48 Å². The first-order valence-electron chi connectivity index (χ1n) is 22.3. The Morgan fingerprint density at radius 3 is 1.27 bits per heavy atom. The number of benzene rings is 10. The van der Waals surface area contributed by atoms with Gasteiger partial charge in [0.1, 0.15) is 0 Å². The molecule has 12 aromatic rings. The quantitative estimate of drug-likeness (QED) is 0.154. The van der Waals surface area contributed by atoms with Crippen LogP contribution in [-0.4, -0.2) is 0 Å². The van der Waals surface area contributed by atoms with Crippen molar-refractivity contribution in [1.29, 1.82) is 0 Å². The number of thiophene rings is 2. The highest BCUT2D eigenvalue weighted by Crippen LogP contribution is 2.54. The van der Waals surface area contributed by atoms with Gasteiger partial charge in [-0.25, -0.2) is 0 Å². The van der Waals surface area contributed by atoms with Crippen LogP contribution in [-0.2, 0) is 5.41 Å². The van der Waals surface area contributed by atoms with Crippen LogP contribution in [0.3, 0.4) is 0 Å². The standard InChI is InChI=1S/C60H48N2S2/c1-35-22-28-48(37(3)30-35)61(50-18-12-16-44-42-14-8-10-20-54(42)63-58(44)50)52-34-53(47-27-25-40-33-41(60(5,6)7)32-39-24-26-46(52)57(47)56(39)40)62(49-29-23-36(2)31-38(49)4)51-19-13-17-45-43-15-9-11-21-55(43)64-59(45)51/h8-34H,1-7H3. The van der Waals surface area contributed by atoms with Crippen LogP contribution in [0.1, 0.15) is 48.6 Å². The van der Waals surface area contributed by atoms with E-state index >= 15 is 0 Å². The fourth-order valence-corrected chi connectivity index (χ4v) is 12.8. The molecule has 0 unspecified atom stereocenters. The van der Waals surface area contributed by atoms with E-state index in [0.717, 1.165) is 11.4 Å². The number of hydrogen-bond acceptors (Lipinski definition) is 4. The Morgan fingerprint density at radius 2 is 0.812 bits per heavy atom. The third-order valence-electron chi connectivity index (χ3n) is 13.5. The molecule has 0 saturated carbocycles. The predicted octanol–water partition coefficient (Wildman–Crippen LogP) is 18.8. The van der Waals surface area contributed by atoms with Crippen LogP contribution in [0.2, 0.25) is 0 Å². The Balaban J connectivity index is 1.27. The first-order chi connectivity index (χ1) is 31.0. The molecule has 0 amide bonds. The van der Waals surface area contributed by atoms with Gasteiger partial charge in [0.25, 0.3) is 0 Å². The molecule has 0 bridgehead atoms. The summed E-state index contributed by atoms with van der Waals surface area (Å²) in [6.45, 7) is 15.9. The van der Waals surface area contributed by atoms with Gasteiger partial charge in [-0.05, 0) is 108 Å². The van der Waals surface area contributed by atoms with E-state index in [2.05, 4.69) is 222 Å². The first kappa shape index (κ1) is 38.9. The number of nitrogens with zero attached hydrogens (tertiary/aromatic N) is 2. The summed E-state index contributed by atoms with van der Waals surface area (Å²) in [4.78, 5) is 5.17. The highest BCUT2D eigenvalue weighted by molar-refractivity contribution is 7.26. The molecule has 0 spiro atoms. The molecule has 2 heterocycles. The summed E-state index contributed by atoms with van der Waals surface area (Å²) in [5.41, 5.74) is 13.4. The Bertz CT molecular complexity index is 3600. The molecule has 0 saturated heterocycles. The Morgan fingerprint density at radius 1 is 0.359 bits per heavy atom. The molecular formula is C60H48N2S2. The van der Waals surface area contributed by atoms with Crippen molar-refractivity contribution in [3.8, 4) is 0 Å². The van der Waals surface area contributed by atoms with E-state index in [1.165, 1.54) is 123 Å². The number of fused-ring (bicyclic) bond motifs is 6. The lowest BCUT2D eigenvalue weighted by atomic mass is 9.83. The normalized spacial score (nSPS) is 12.3. The van der Waals surface area contributed by atoms with Crippen LogP contribution in [0.25, 0.3) is 72.7 Å². The van der Waals surface area contributed by atoms with Gasteiger partial charge in [0.05, 0.1) is 32.1 Å². The smallest absolute Gasteiger partial charge is 0.0640 e. The molecule has 4 heteroatoms. The molecule has 2 nitrogen and oxygen atoms in total. The first-order valence-corrected chi connectivity index (χ1v) is 24.0. The molecule has 0 aliphatic heterocycles. The van der Waals surface area contributed by atoms with Gasteiger partial charge in [0, 0.05) is 58.5 Å². The van der Waals surface area contributed by atoms with Crippen molar-refractivity contribution in [1.82, 2.24) is 0 Å². The zero-order valence-electron chi connectivity index (χ0n) is 37.3. The van der Waals surface area contributed by atoms with Crippen molar-refractivity contribution in [3.63, 3.8) is 0 Å². The molecule has 2 aromatic heterocycles. The molecule has 0 aliphatic rings. The highest BCUT2D eigenvalue weighted by atomic mass is 32.1. The van der Waals surface area contributed by atoms with E-state index < -0.39 is 0 Å². The summed E-state index contributed by atoms with van der Waals surface area (Å²) in [6, 6.07) is 62.4. The minimum atomic E-state index is 0.00612. The average molecular weight is 861 g/mol. The molecule has 0 radical (unpaired) electrons. The van der Waals surface area contributed by atoms with Crippen molar-refractivity contribution < 1.29 is 0 Å². The van der Waals surface area contributed by atoms with E-state index in [9.17, 15) is 0 Å². The van der Waals surface area contributed by atoms with Crippen molar-refractivity contribution >= 4 is 129 Å². The second kappa shape index (κ2) is 14.4. The lowest BCUT2D eigenvalue weighted by Gasteiger charge is -2.34. The molecular weight excluding hydrogens is 813 g/mol. The monoisotopic (exact) mass is 860 g/mol. The van der Waals surface area contributed by atoms with Crippen molar-refractivity contribution in [2.45, 2.75) is 53.9 Å². The van der Waals surface area contributed by atoms with E-state index in [1.54, 1.807) is 0 Å². The maximum absolute atomic E-state index is 2.59. The summed E-state index contributed by atoms with van der Waals surface area (Å²) in [7, 11) is 0. The summed E-state index contributed by atoms with van der Waals surface area (Å²) < 4.78 is 5.17. The van der Waals surface area contributed by atoms with E-state index in [-0.39, 0.29) is 5.41 Å². The van der Waals surface area contributed by atoms with E-state index in [1.807, 2.05) is 22.7 Å². The third kappa shape index (κ3) is 5.96. The SMILES string of the molecule is Cc1ccc(N(c2cc(N(c3ccc(C)cc3C)c3cccc4c3sc3ccccc34)c3ccc4cc(C(C)(C)C)cc5ccc2c3c54)c2cccc3c2sc2ccccc23)c(C)c1. The molecule has 0 fully saturated rings. The van der Waals surface area contributed by atoms with Crippen LogP contribution >= 0.6 is 22.7 Å². The Labute approximate surface area is 382 Å². The van der Waals surface area contributed by atoms with Gasteiger partial charge in [-0.3, -0.25) is 0 Å². The zero-order valence-corrected chi connectivity index (χ0v) is 38.9. The predicted molar refractivity (Wildman–Crippen MR) is 283 cm³/mol. The van der Waals surface area contributed by atoms with Gasteiger partial charge in [-0.2, -0.15) is 0 Å². The Kier molecular flexibility index (Phi) is 8.76. The molecule has 64 heavy (non-hydrogen) atoms. The molecule has 0 atom stereocenters. The van der Waals surface area contributed by atoms with Crippen molar-refractivity contribution in [3.05, 3.63) is 192 Å². The Hall–Kier alpha value is -6.72. The average Bonchev–Trinajstić information content (AvgIpc) is 3.87. The zero-order chi connectivity index (χ0) is 43.6. The van der Waals surface area contributed by atoms with Gasteiger partial charge in [0.15, 0.2) is 0 Å². The minimum absolute atomic E-state index is 0.00612. The fourth-order valence-electron chi connectivity index (χ4n) is 10.4. The lowest BCUT2D eigenvalue weighted by molar-refractivity contribution is 0.591. The fraction of sp³-hybridized carbons (Fsp3) is 0.133. The van der Waals surface area contributed by atoms with Crippen molar-refractivity contribution in [2.75, 3.05) is 9.80 Å². The van der Waals surface area contributed by atoms with Gasteiger partial charge >= 0.3 is 0 Å². The second-order valence-corrected chi connectivity index (χ2v) is 20.9. The van der Waals surface area contributed by atoms with Crippen LogP contribution in [0.5, 0.6) is 0 Å². The molecule has 0 N–H and O–H groups in total. The summed E-state index contributed by atoms with van der Waals surface area (Å²) in [6.07, 6.45) is 0. The van der Waals surface area contributed by atoms with Crippen LogP contribution in [0.4, 0.5) is 34.1 Å². The number of rotatable bonds is 6. The molecule has 310 valence electrons.